The average molecular weight is 254 g/mol. The molecular formula is C16H34N2. The molecule has 0 aromatic carbocycles. The van der Waals surface area contributed by atoms with E-state index >= 15 is 0 Å². The van der Waals surface area contributed by atoms with Gasteiger partial charge in [-0.3, -0.25) is 0 Å². The molecule has 1 aliphatic rings. The molecular weight excluding hydrogens is 220 g/mol. The van der Waals surface area contributed by atoms with Gasteiger partial charge in [0.05, 0.1) is 0 Å². The van der Waals surface area contributed by atoms with Crippen molar-refractivity contribution < 1.29 is 0 Å². The second-order valence-corrected chi connectivity index (χ2v) is 7.24. The lowest BCUT2D eigenvalue weighted by Gasteiger charge is -2.36. The maximum atomic E-state index is 3.58. The third kappa shape index (κ3) is 5.27. The Morgan fingerprint density at radius 1 is 0.944 bits per heavy atom. The summed E-state index contributed by atoms with van der Waals surface area (Å²) in [6.45, 7) is 20.4. The molecule has 1 aliphatic heterocycles. The van der Waals surface area contributed by atoms with Gasteiger partial charge in [-0.2, -0.15) is 0 Å². The second-order valence-electron chi connectivity index (χ2n) is 7.24. The van der Waals surface area contributed by atoms with Gasteiger partial charge in [-0.1, -0.05) is 41.5 Å². The minimum absolute atomic E-state index is 0.775. The van der Waals surface area contributed by atoms with Crippen LogP contribution < -0.4 is 5.32 Å². The summed E-state index contributed by atoms with van der Waals surface area (Å²) in [7, 11) is 0. The minimum atomic E-state index is 0.775. The smallest absolute Gasteiger partial charge is 0.00194 e. The van der Waals surface area contributed by atoms with Gasteiger partial charge < -0.3 is 10.2 Å². The molecule has 0 saturated carbocycles. The van der Waals surface area contributed by atoms with Crippen LogP contribution in [0.5, 0.6) is 0 Å². The Kier molecular flexibility index (Phi) is 6.65. The summed E-state index contributed by atoms with van der Waals surface area (Å²) >= 11 is 0. The van der Waals surface area contributed by atoms with Gasteiger partial charge in [0.2, 0.25) is 0 Å². The van der Waals surface area contributed by atoms with E-state index in [0.717, 1.165) is 29.6 Å². The van der Waals surface area contributed by atoms with Crippen LogP contribution in [0.2, 0.25) is 0 Å². The third-order valence-electron chi connectivity index (χ3n) is 4.31. The molecule has 2 atom stereocenters. The number of nitrogens with zero attached hydrogens (tertiary/aromatic N) is 1. The molecule has 1 saturated heterocycles. The molecule has 0 radical (unpaired) electrons. The molecule has 1 fully saturated rings. The fraction of sp³-hybridized carbons (Fsp3) is 1.00. The highest BCUT2D eigenvalue weighted by Gasteiger charge is 2.24. The van der Waals surface area contributed by atoms with Crippen LogP contribution in [0, 0.1) is 29.6 Å². The van der Waals surface area contributed by atoms with E-state index in [1.54, 1.807) is 0 Å². The van der Waals surface area contributed by atoms with E-state index in [-0.39, 0.29) is 0 Å². The summed E-state index contributed by atoms with van der Waals surface area (Å²) in [6.07, 6.45) is 0. The largest absolute Gasteiger partial charge is 0.316 e. The lowest BCUT2D eigenvalue weighted by Crippen LogP contribution is -2.45. The van der Waals surface area contributed by atoms with Crippen LogP contribution in [0.1, 0.15) is 41.5 Å². The fourth-order valence-electron chi connectivity index (χ4n) is 3.30. The first-order valence-electron chi connectivity index (χ1n) is 7.83. The molecule has 2 nitrogen and oxygen atoms in total. The SMILES string of the molecule is CC1CNCC(C)CN(CC(C(C)C)C(C)C)C1. The summed E-state index contributed by atoms with van der Waals surface area (Å²) in [5.74, 6) is 3.96. The first kappa shape index (κ1) is 16.0. The molecule has 2 heteroatoms. The van der Waals surface area contributed by atoms with Crippen LogP contribution in [0.4, 0.5) is 0 Å². The third-order valence-corrected chi connectivity index (χ3v) is 4.31. The van der Waals surface area contributed by atoms with Crippen LogP contribution >= 0.6 is 0 Å². The van der Waals surface area contributed by atoms with Gasteiger partial charge in [0.15, 0.2) is 0 Å². The molecule has 1 heterocycles. The van der Waals surface area contributed by atoms with Gasteiger partial charge in [0.1, 0.15) is 0 Å². The summed E-state index contributed by atoms with van der Waals surface area (Å²) in [5, 5.41) is 3.58. The Labute approximate surface area is 115 Å². The maximum Gasteiger partial charge on any atom is 0.00194 e. The maximum absolute atomic E-state index is 3.58. The number of hydrogen-bond donors (Lipinski definition) is 1. The molecule has 0 aromatic rings. The zero-order valence-electron chi connectivity index (χ0n) is 13.4. The number of nitrogens with one attached hydrogen (secondary N) is 1. The molecule has 0 bridgehead atoms. The van der Waals surface area contributed by atoms with Crippen molar-refractivity contribution >= 4 is 0 Å². The summed E-state index contributed by atoms with van der Waals surface area (Å²) < 4.78 is 0. The Hall–Kier alpha value is -0.0800. The van der Waals surface area contributed by atoms with E-state index in [4.69, 9.17) is 0 Å². The normalized spacial score (nSPS) is 27.8. The summed E-state index contributed by atoms with van der Waals surface area (Å²) in [6, 6.07) is 0. The highest BCUT2D eigenvalue weighted by Crippen LogP contribution is 2.23. The van der Waals surface area contributed by atoms with E-state index < -0.39 is 0 Å². The zero-order chi connectivity index (χ0) is 13.7. The number of rotatable bonds is 4. The molecule has 2 unspecified atom stereocenters. The standard InChI is InChI=1S/C16H34N2/c1-12(2)16(13(3)4)11-18-9-14(5)7-17-8-15(6)10-18/h12-17H,7-11H2,1-6H3. The van der Waals surface area contributed by atoms with E-state index in [9.17, 15) is 0 Å². The molecule has 0 amide bonds. The van der Waals surface area contributed by atoms with E-state index in [2.05, 4.69) is 51.8 Å². The quantitative estimate of drug-likeness (QED) is 0.829. The van der Waals surface area contributed by atoms with Gasteiger partial charge in [0, 0.05) is 19.6 Å². The fourth-order valence-corrected chi connectivity index (χ4v) is 3.30. The van der Waals surface area contributed by atoms with E-state index in [1.165, 1.54) is 32.7 Å². The lowest BCUT2D eigenvalue weighted by molar-refractivity contribution is 0.125. The predicted molar refractivity (Wildman–Crippen MR) is 80.8 cm³/mol. The molecule has 0 aliphatic carbocycles. The first-order chi connectivity index (χ1) is 8.40. The topological polar surface area (TPSA) is 15.3 Å². The molecule has 1 rings (SSSR count). The van der Waals surface area contributed by atoms with Gasteiger partial charge in [-0.15, -0.1) is 0 Å². The zero-order valence-corrected chi connectivity index (χ0v) is 13.4. The van der Waals surface area contributed by atoms with Crippen LogP contribution in [0.3, 0.4) is 0 Å². The Morgan fingerprint density at radius 3 is 1.78 bits per heavy atom. The average Bonchev–Trinajstić information content (AvgIpc) is 2.22. The van der Waals surface area contributed by atoms with Crippen LogP contribution in [-0.2, 0) is 0 Å². The Balaban J connectivity index is 2.59. The van der Waals surface area contributed by atoms with Gasteiger partial charge in [-0.25, -0.2) is 0 Å². The van der Waals surface area contributed by atoms with Crippen molar-refractivity contribution in [2.24, 2.45) is 29.6 Å². The lowest BCUT2D eigenvalue weighted by atomic mass is 9.84. The molecule has 18 heavy (non-hydrogen) atoms. The van der Waals surface area contributed by atoms with Crippen molar-refractivity contribution in [2.75, 3.05) is 32.7 Å². The molecule has 0 aromatic heterocycles. The van der Waals surface area contributed by atoms with Crippen molar-refractivity contribution in [3.05, 3.63) is 0 Å². The summed E-state index contributed by atoms with van der Waals surface area (Å²) in [5.41, 5.74) is 0. The molecule has 0 spiro atoms. The highest BCUT2D eigenvalue weighted by atomic mass is 15.1. The van der Waals surface area contributed by atoms with Gasteiger partial charge in [0.25, 0.3) is 0 Å². The summed E-state index contributed by atoms with van der Waals surface area (Å²) in [4.78, 5) is 2.72. The van der Waals surface area contributed by atoms with Crippen molar-refractivity contribution in [1.82, 2.24) is 10.2 Å². The van der Waals surface area contributed by atoms with Gasteiger partial charge >= 0.3 is 0 Å². The Morgan fingerprint density at radius 2 is 1.39 bits per heavy atom. The molecule has 1 N–H and O–H groups in total. The minimum Gasteiger partial charge on any atom is -0.316 e. The van der Waals surface area contributed by atoms with Crippen molar-refractivity contribution in [2.45, 2.75) is 41.5 Å². The van der Waals surface area contributed by atoms with Crippen LogP contribution in [0.25, 0.3) is 0 Å². The van der Waals surface area contributed by atoms with Gasteiger partial charge in [-0.05, 0) is 42.7 Å². The molecule has 108 valence electrons. The van der Waals surface area contributed by atoms with Crippen molar-refractivity contribution in [3.8, 4) is 0 Å². The number of hydrogen-bond acceptors (Lipinski definition) is 2. The van der Waals surface area contributed by atoms with E-state index in [0.29, 0.717) is 0 Å². The predicted octanol–water partition coefficient (Wildman–Crippen LogP) is 3.09. The Bertz CT molecular complexity index is 205. The van der Waals surface area contributed by atoms with Crippen LogP contribution in [0.15, 0.2) is 0 Å². The second kappa shape index (κ2) is 7.49. The van der Waals surface area contributed by atoms with E-state index in [1.807, 2.05) is 0 Å². The highest BCUT2D eigenvalue weighted by molar-refractivity contribution is 4.77. The monoisotopic (exact) mass is 254 g/mol. The van der Waals surface area contributed by atoms with Crippen LogP contribution in [-0.4, -0.2) is 37.6 Å². The van der Waals surface area contributed by atoms with Crippen molar-refractivity contribution in [3.63, 3.8) is 0 Å². The van der Waals surface area contributed by atoms with Crippen molar-refractivity contribution in [1.29, 1.82) is 0 Å². The first-order valence-corrected chi connectivity index (χ1v) is 7.83.